The summed E-state index contributed by atoms with van der Waals surface area (Å²) in [5, 5.41) is 22.1. The second-order valence-corrected chi connectivity index (χ2v) is 12.9. The Balaban J connectivity index is 1.43. The van der Waals surface area contributed by atoms with Gasteiger partial charge in [-0.2, -0.15) is 16.8 Å². The summed E-state index contributed by atoms with van der Waals surface area (Å²) in [4.78, 5) is 3.71. The molecule has 0 fully saturated rings. The summed E-state index contributed by atoms with van der Waals surface area (Å²) in [5.41, 5.74) is 13.6. The van der Waals surface area contributed by atoms with Crippen molar-refractivity contribution in [2.45, 2.75) is 9.79 Å². The maximum atomic E-state index is 12.2. The largest absolute Gasteiger partial charge is 0.505 e. The van der Waals surface area contributed by atoms with E-state index in [1.54, 1.807) is 42.6 Å². The lowest BCUT2D eigenvalue weighted by atomic mass is 10.0. The van der Waals surface area contributed by atoms with Crippen molar-refractivity contribution in [1.82, 2.24) is 0 Å². The fourth-order valence-corrected chi connectivity index (χ4v) is 6.17. The van der Waals surface area contributed by atoms with Crippen LogP contribution < -0.4 is 11.5 Å². The molecular formula is C31H23N5O7S2. The van der Waals surface area contributed by atoms with Gasteiger partial charge in [-0.05, 0) is 59.3 Å². The van der Waals surface area contributed by atoms with Gasteiger partial charge in [-0.1, -0.05) is 42.5 Å². The highest BCUT2D eigenvalue weighted by Gasteiger charge is 2.22. The van der Waals surface area contributed by atoms with Gasteiger partial charge in [0.1, 0.15) is 10.6 Å². The first-order chi connectivity index (χ1) is 21.3. The predicted molar refractivity (Wildman–Crippen MR) is 173 cm³/mol. The Hall–Kier alpha value is -5.41. The molecule has 0 saturated heterocycles. The van der Waals surface area contributed by atoms with Crippen molar-refractivity contribution in [3.05, 3.63) is 96.6 Å². The molecule has 0 spiro atoms. The Morgan fingerprint density at radius 2 is 1.36 bits per heavy atom. The number of phenolic OH excluding ortho intramolecular Hbond substituents is 1. The minimum Gasteiger partial charge on any atom is -0.505 e. The average Bonchev–Trinajstić information content (AvgIpc) is 3.00. The number of nitrogens with zero attached hydrogens (tertiary/aromatic N) is 3. The van der Waals surface area contributed by atoms with Crippen LogP contribution in [0.15, 0.2) is 116 Å². The smallest absolute Gasteiger partial charge is 0.296 e. The Bertz CT molecular complexity index is 2480. The fraction of sp³-hybridized carbons (Fsp3) is 0. The average molecular weight is 642 g/mol. The summed E-state index contributed by atoms with van der Waals surface area (Å²) in [6.45, 7) is 0. The van der Waals surface area contributed by atoms with E-state index in [1.807, 2.05) is 12.1 Å². The van der Waals surface area contributed by atoms with Crippen LogP contribution in [0.2, 0.25) is 0 Å². The molecule has 0 aromatic heterocycles. The number of rotatable bonds is 6. The molecule has 6 rings (SSSR count). The van der Waals surface area contributed by atoms with Crippen molar-refractivity contribution in [3.63, 3.8) is 0 Å². The van der Waals surface area contributed by atoms with Gasteiger partial charge in [-0.15, -0.1) is 10.2 Å². The van der Waals surface area contributed by atoms with E-state index in [0.717, 1.165) is 5.39 Å². The normalized spacial score (nSPS) is 12.7. The van der Waals surface area contributed by atoms with Crippen molar-refractivity contribution in [1.29, 1.82) is 0 Å². The van der Waals surface area contributed by atoms with Crippen LogP contribution >= 0.6 is 0 Å². The number of fused-ring (bicyclic) bond motifs is 3. The Morgan fingerprint density at radius 1 is 0.644 bits per heavy atom. The van der Waals surface area contributed by atoms with Gasteiger partial charge in [0, 0.05) is 44.7 Å². The van der Waals surface area contributed by atoms with E-state index in [4.69, 9.17) is 11.5 Å². The fourth-order valence-electron chi connectivity index (χ4n) is 5.01. The van der Waals surface area contributed by atoms with Gasteiger partial charge in [0.05, 0.1) is 16.3 Å². The molecule has 0 radical (unpaired) electrons. The molecule has 12 nitrogen and oxygen atoms in total. The van der Waals surface area contributed by atoms with Crippen molar-refractivity contribution in [2.75, 3.05) is 11.5 Å². The van der Waals surface area contributed by atoms with Gasteiger partial charge in [0.25, 0.3) is 20.2 Å². The standard InChI is InChI=1S/C31H23N5O7S2/c32-19-7-5-17-13-29(45(41,42)43)30(31(37)24(17)14-19)36-35-28-11-6-18(21-3-1-2-4-22(21)28)16-34-27-12-10-26(33)25-15-20(44(38,39)40)8-9-23(25)27/h1-16,37H,32-33H2,(H,38,39,40)(H,41,42,43)/b34-16-,36-35+. The monoisotopic (exact) mass is 641 g/mol. The maximum absolute atomic E-state index is 12.2. The molecule has 0 heterocycles. The van der Waals surface area contributed by atoms with Crippen LogP contribution in [0.1, 0.15) is 5.56 Å². The van der Waals surface area contributed by atoms with Gasteiger partial charge < -0.3 is 16.6 Å². The number of nitrogen functional groups attached to an aromatic ring is 2. The predicted octanol–water partition coefficient (Wildman–Crippen LogP) is 6.68. The van der Waals surface area contributed by atoms with Gasteiger partial charge in [0.15, 0.2) is 5.75 Å². The van der Waals surface area contributed by atoms with E-state index in [0.29, 0.717) is 49.9 Å². The van der Waals surface area contributed by atoms with Gasteiger partial charge in [0.2, 0.25) is 0 Å². The highest BCUT2D eigenvalue weighted by molar-refractivity contribution is 7.86. The van der Waals surface area contributed by atoms with Crippen molar-refractivity contribution in [3.8, 4) is 5.75 Å². The van der Waals surface area contributed by atoms with Crippen LogP contribution in [0, 0.1) is 0 Å². The second kappa shape index (κ2) is 10.9. The zero-order chi connectivity index (χ0) is 32.1. The number of benzene rings is 6. The lowest BCUT2D eigenvalue weighted by Crippen LogP contribution is -1.99. The number of aromatic hydroxyl groups is 1. The van der Waals surface area contributed by atoms with E-state index >= 15 is 0 Å². The van der Waals surface area contributed by atoms with E-state index in [2.05, 4.69) is 15.2 Å². The third kappa shape index (κ3) is 5.65. The zero-order valence-electron chi connectivity index (χ0n) is 23.0. The molecule has 14 heteroatoms. The summed E-state index contributed by atoms with van der Waals surface area (Å²) in [7, 11) is -9.21. The molecule has 0 saturated carbocycles. The SMILES string of the molecule is Nc1ccc2cc(S(=O)(=O)O)c(/N=N/c3ccc(/C=N\c4ccc(N)c5cc(S(=O)(=O)O)ccc45)c4ccccc34)c(O)c2c1. The van der Waals surface area contributed by atoms with Crippen LogP contribution in [0.25, 0.3) is 32.3 Å². The zero-order valence-corrected chi connectivity index (χ0v) is 24.7. The second-order valence-electron chi connectivity index (χ2n) is 10.1. The molecule has 0 aliphatic rings. The first kappa shape index (κ1) is 29.7. The summed E-state index contributed by atoms with van der Waals surface area (Å²) in [5.74, 6) is -0.510. The van der Waals surface area contributed by atoms with Crippen LogP contribution in [0.3, 0.4) is 0 Å². The van der Waals surface area contributed by atoms with E-state index in [1.165, 1.54) is 42.5 Å². The quantitative estimate of drug-likeness (QED) is 0.0566. The molecule has 0 amide bonds. The van der Waals surface area contributed by atoms with Crippen LogP contribution in [0.4, 0.5) is 28.4 Å². The van der Waals surface area contributed by atoms with Crippen molar-refractivity contribution >= 4 is 87.2 Å². The van der Waals surface area contributed by atoms with E-state index in [9.17, 15) is 31.0 Å². The number of azo groups is 1. The summed E-state index contributed by atoms with van der Waals surface area (Å²) >= 11 is 0. The third-order valence-corrected chi connectivity index (χ3v) is 8.90. The number of hydrogen-bond donors (Lipinski definition) is 5. The van der Waals surface area contributed by atoms with E-state index in [-0.39, 0.29) is 10.3 Å². The summed E-state index contributed by atoms with van der Waals surface area (Å²) in [6, 6.07) is 23.6. The Kier molecular flexibility index (Phi) is 7.21. The minimum absolute atomic E-state index is 0.233. The highest BCUT2D eigenvalue weighted by atomic mass is 32.2. The van der Waals surface area contributed by atoms with Crippen LogP contribution in [-0.4, -0.2) is 37.3 Å². The number of hydrogen-bond acceptors (Lipinski definition) is 10. The Labute approximate surface area is 256 Å². The molecular weight excluding hydrogens is 619 g/mol. The molecule has 0 bridgehead atoms. The van der Waals surface area contributed by atoms with Crippen LogP contribution in [0.5, 0.6) is 5.75 Å². The number of aliphatic imine (C=N–C) groups is 1. The first-order valence-corrected chi connectivity index (χ1v) is 16.0. The third-order valence-electron chi connectivity index (χ3n) is 7.19. The van der Waals surface area contributed by atoms with Crippen molar-refractivity contribution in [2.24, 2.45) is 15.2 Å². The maximum Gasteiger partial charge on any atom is 0.296 e. The number of anilines is 2. The van der Waals surface area contributed by atoms with Crippen LogP contribution in [-0.2, 0) is 20.2 Å². The topological polar surface area (TPSA) is 218 Å². The number of nitrogens with two attached hydrogens (primary N) is 2. The molecule has 0 aliphatic carbocycles. The summed E-state index contributed by atoms with van der Waals surface area (Å²) < 4.78 is 66.9. The first-order valence-electron chi connectivity index (χ1n) is 13.1. The Morgan fingerprint density at radius 3 is 2.09 bits per heavy atom. The molecule has 45 heavy (non-hydrogen) atoms. The van der Waals surface area contributed by atoms with Crippen molar-refractivity contribution < 1.29 is 31.0 Å². The lowest BCUT2D eigenvalue weighted by Gasteiger charge is -2.10. The number of phenols is 1. The molecule has 0 unspecified atom stereocenters. The highest BCUT2D eigenvalue weighted by Crippen LogP contribution is 2.42. The molecule has 226 valence electrons. The van der Waals surface area contributed by atoms with E-state index < -0.39 is 36.6 Å². The van der Waals surface area contributed by atoms with Gasteiger partial charge >= 0.3 is 0 Å². The lowest BCUT2D eigenvalue weighted by molar-refractivity contribution is 0.472. The minimum atomic E-state index is -4.79. The molecule has 0 aliphatic heterocycles. The van der Waals surface area contributed by atoms with Gasteiger partial charge in [-0.25, -0.2) is 0 Å². The molecule has 6 aromatic carbocycles. The molecule has 0 atom stereocenters. The van der Waals surface area contributed by atoms with Gasteiger partial charge in [-0.3, -0.25) is 14.1 Å². The summed E-state index contributed by atoms with van der Waals surface area (Å²) in [6.07, 6.45) is 1.61. The molecule has 6 aromatic rings. The molecule has 7 N–H and O–H groups in total.